The minimum atomic E-state index is -0.138. The number of rotatable bonds is 3. The zero-order valence-corrected chi connectivity index (χ0v) is 11.4. The van der Waals surface area contributed by atoms with Crippen LogP contribution < -0.4 is 5.73 Å². The van der Waals surface area contributed by atoms with Gasteiger partial charge in [-0.2, -0.15) is 0 Å². The Morgan fingerprint density at radius 3 is 2.53 bits per heavy atom. The van der Waals surface area contributed by atoms with Gasteiger partial charge in [0, 0.05) is 13.6 Å². The summed E-state index contributed by atoms with van der Waals surface area (Å²) in [7, 11) is 1.74. The van der Waals surface area contributed by atoms with Crippen LogP contribution in [0.15, 0.2) is 48.5 Å². The van der Waals surface area contributed by atoms with E-state index in [0.29, 0.717) is 22.8 Å². The first-order valence-electron chi connectivity index (χ1n) is 5.93. The second-order valence-corrected chi connectivity index (χ2v) is 4.73. The van der Waals surface area contributed by atoms with Crippen molar-refractivity contribution in [3.63, 3.8) is 0 Å². The number of amides is 1. The van der Waals surface area contributed by atoms with E-state index in [1.807, 2.05) is 30.3 Å². The van der Waals surface area contributed by atoms with Gasteiger partial charge in [0.2, 0.25) is 0 Å². The molecule has 0 aliphatic rings. The van der Waals surface area contributed by atoms with Gasteiger partial charge in [-0.3, -0.25) is 4.79 Å². The number of hydrogen-bond acceptors (Lipinski definition) is 2. The second-order valence-electron chi connectivity index (χ2n) is 4.36. The van der Waals surface area contributed by atoms with Crippen molar-refractivity contribution in [2.45, 2.75) is 6.54 Å². The van der Waals surface area contributed by atoms with Gasteiger partial charge in [0.25, 0.3) is 5.91 Å². The Hall–Kier alpha value is -2.00. The smallest absolute Gasteiger partial charge is 0.255 e. The quantitative estimate of drug-likeness (QED) is 0.874. The van der Waals surface area contributed by atoms with Crippen LogP contribution in [0.5, 0.6) is 0 Å². The number of halogens is 1. The van der Waals surface area contributed by atoms with Gasteiger partial charge in [-0.25, -0.2) is 0 Å². The van der Waals surface area contributed by atoms with Crippen molar-refractivity contribution in [1.82, 2.24) is 4.90 Å². The molecule has 0 radical (unpaired) electrons. The molecule has 0 spiro atoms. The summed E-state index contributed by atoms with van der Waals surface area (Å²) >= 11 is 6.06. The lowest BCUT2D eigenvalue weighted by Crippen LogP contribution is -2.26. The Kier molecular flexibility index (Phi) is 4.07. The second kappa shape index (κ2) is 5.76. The fourth-order valence-electron chi connectivity index (χ4n) is 1.85. The van der Waals surface area contributed by atoms with E-state index in [-0.39, 0.29) is 5.91 Å². The average molecular weight is 275 g/mol. The molecule has 0 unspecified atom stereocenters. The van der Waals surface area contributed by atoms with Crippen molar-refractivity contribution in [1.29, 1.82) is 0 Å². The third-order valence-corrected chi connectivity index (χ3v) is 3.29. The summed E-state index contributed by atoms with van der Waals surface area (Å²) in [6, 6.07) is 14.9. The standard InChI is InChI=1S/C15H15ClN2O/c1-18(10-11-6-3-2-4-7-11)15(19)12-8-5-9-13(17)14(12)16/h2-9H,10,17H2,1H3. The van der Waals surface area contributed by atoms with Crippen LogP contribution in [0.3, 0.4) is 0 Å². The Balaban J connectivity index is 2.18. The summed E-state index contributed by atoms with van der Waals surface area (Å²) in [6.07, 6.45) is 0. The highest BCUT2D eigenvalue weighted by atomic mass is 35.5. The number of hydrogen-bond donors (Lipinski definition) is 1. The molecule has 0 heterocycles. The first-order chi connectivity index (χ1) is 9.09. The summed E-state index contributed by atoms with van der Waals surface area (Å²) in [5.41, 5.74) is 7.62. The molecule has 2 N–H and O–H groups in total. The Labute approximate surface area is 117 Å². The van der Waals surface area contributed by atoms with E-state index >= 15 is 0 Å². The summed E-state index contributed by atoms with van der Waals surface area (Å²) in [5.74, 6) is -0.138. The molecule has 4 heteroatoms. The van der Waals surface area contributed by atoms with Gasteiger partial charge >= 0.3 is 0 Å². The van der Waals surface area contributed by atoms with Gasteiger partial charge in [-0.15, -0.1) is 0 Å². The van der Waals surface area contributed by atoms with Crippen molar-refractivity contribution in [3.05, 3.63) is 64.7 Å². The molecule has 19 heavy (non-hydrogen) atoms. The van der Waals surface area contributed by atoms with Crippen LogP contribution in [0.1, 0.15) is 15.9 Å². The van der Waals surface area contributed by atoms with Gasteiger partial charge in [0.15, 0.2) is 0 Å². The topological polar surface area (TPSA) is 46.3 Å². The molecule has 1 amide bonds. The van der Waals surface area contributed by atoms with Crippen molar-refractivity contribution in [3.8, 4) is 0 Å². The molecule has 0 bridgehead atoms. The van der Waals surface area contributed by atoms with Gasteiger partial charge in [0.05, 0.1) is 16.3 Å². The largest absolute Gasteiger partial charge is 0.398 e. The Bertz CT molecular complexity index is 584. The first-order valence-corrected chi connectivity index (χ1v) is 6.31. The Morgan fingerprint density at radius 2 is 1.84 bits per heavy atom. The molecule has 0 atom stereocenters. The van der Waals surface area contributed by atoms with E-state index in [9.17, 15) is 4.79 Å². The van der Waals surface area contributed by atoms with E-state index in [0.717, 1.165) is 5.56 Å². The molecule has 0 saturated carbocycles. The number of nitrogens with zero attached hydrogens (tertiary/aromatic N) is 1. The van der Waals surface area contributed by atoms with Crippen LogP contribution in [-0.2, 0) is 6.54 Å². The first kappa shape index (κ1) is 13.4. The van der Waals surface area contributed by atoms with Crippen LogP contribution in [0.4, 0.5) is 5.69 Å². The van der Waals surface area contributed by atoms with E-state index < -0.39 is 0 Å². The van der Waals surface area contributed by atoms with Crippen molar-refractivity contribution in [2.24, 2.45) is 0 Å². The summed E-state index contributed by atoms with van der Waals surface area (Å²) in [4.78, 5) is 13.9. The monoisotopic (exact) mass is 274 g/mol. The molecule has 0 fully saturated rings. The van der Waals surface area contributed by atoms with Crippen molar-refractivity contribution < 1.29 is 4.79 Å². The highest BCUT2D eigenvalue weighted by Crippen LogP contribution is 2.24. The number of carbonyl (C=O) groups excluding carboxylic acids is 1. The molecule has 0 aromatic heterocycles. The molecule has 2 aromatic carbocycles. The number of anilines is 1. The summed E-state index contributed by atoms with van der Waals surface area (Å²) in [5, 5.41) is 0.312. The summed E-state index contributed by atoms with van der Waals surface area (Å²) < 4.78 is 0. The van der Waals surface area contributed by atoms with Crippen molar-refractivity contribution >= 4 is 23.2 Å². The third-order valence-electron chi connectivity index (χ3n) is 2.87. The lowest BCUT2D eigenvalue weighted by atomic mass is 10.1. The predicted octanol–water partition coefficient (Wildman–Crippen LogP) is 3.19. The van der Waals surface area contributed by atoms with Crippen molar-refractivity contribution in [2.75, 3.05) is 12.8 Å². The molecule has 0 aliphatic carbocycles. The Morgan fingerprint density at radius 1 is 1.16 bits per heavy atom. The molecule has 98 valence electrons. The predicted molar refractivity (Wildman–Crippen MR) is 78.1 cm³/mol. The SMILES string of the molecule is CN(Cc1ccccc1)C(=O)c1cccc(N)c1Cl. The van der Waals surface area contributed by atoms with E-state index in [1.165, 1.54) is 0 Å². The molecule has 0 aliphatic heterocycles. The van der Waals surface area contributed by atoms with Crippen LogP contribution in [0.2, 0.25) is 5.02 Å². The van der Waals surface area contributed by atoms with Gasteiger partial charge in [-0.05, 0) is 17.7 Å². The summed E-state index contributed by atoms with van der Waals surface area (Å²) in [6.45, 7) is 0.533. The lowest BCUT2D eigenvalue weighted by molar-refractivity contribution is 0.0785. The molecular weight excluding hydrogens is 260 g/mol. The highest BCUT2D eigenvalue weighted by molar-refractivity contribution is 6.36. The fourth-order valence-corrected chi connectivity index (χ4v) is 2.06. The third kappa shape index (κ3) is 3.06. The van der Waals surface area contributed by atoms with E-state index in [2.05, 4.69) is 0 Å². The van der Waals surface area contributed by atoms with E-state index in [4.69, 9.17) is 17.3 Å². The minimum Gasteiger partial charge on any atom is -0.398 e. The number of benzene rings is 2. The molecular formula is C15H15ClN2O. The molecule has 3 nitrogen and oxygen atoms in total. The van der Waals surface area contributed by atoms with Crippen LogP contribution in [-0.4, -0.2) is 17.9 Å². The van der Waals surface area contributed by atoms with Gasteiger partial charge in [-0.1, -0.05) is 48.0 Å². The maximum atomic E-state index is 12.3. The van der Waals surface area contributed by atoms with Gasteiger partial charge < -0.3 is 10.6 Å². The minimum absolute atomic E-state index is 0.138. The zero-order chi connectivity index (χ0) is 13.8. The van der Waals surface area contributed by atoms with E-state index in [1.54, 1.807) is 30.1 Å². The number of nitrogens with two attached hydrogens (primary N) is 1. The van der Waals surface area contributed by atoms with Crippen LogP contribution in [0, 0.1) is 0 Å². The molecule has 0 saturated heterocycles. The number of carbonyl (C=O) groups is 1. The van der Waals surface area contributed by atoms with Gasteiger partial charge in [0.1, 0.15) is 0 Å². The number of nitrogen functional groups attached to an aromatic ring is 1. The normalized spacial score (nSPS) is 10.2. The highest BCUT2D eigenvalue weighted by Gasteiger charge is 2.16. The molecule has 2 aromatic rings. The lowest BCUT2D eigenvalue weighted by Gasteiger charge is -2.18. The van der Waals surface area contributed by atoms with Crippen LogP contribution in [0.25, 0.3) is 0 Å². The van der Waals surface area contributed by atoms with Crippen LogP contribution >= 0.6 is 11.6 Å². The maximum Gasteiger partial charge on any atom is 0.255 e. The molecule has 2 rings (SSSR count). The zero-order valence-electron chi connectivity index (χ0n) is 10.6. The fraction of sp³-hybridized carbons (Fsp3) is 0.133. The maximum absolute atomic E-state index is 12.3. The average Bonchev–Trinajstić information content (AvgIpc) is 2.42.